The minimum atomic E-state index is -1.69. The van der Waals surface area contributed by atoms with Crippen LogP contribution in [0.25, 0.3) is 0 Å². The molecule has 0 aliphatic heterocycles. The molecular weight excluding hydrogens is 325 g/mol. The van der Waals surface area contributed by atoms with E-state index in [0.717, 1.165) is 0 Å². The average Bonchev–Trinajstić information content (AvgIpc) is 1.95. The van der Waals surface area contributed by atoms with Crippen molar-refractivity contribution in [3.05, 3.63) is 0 Å². The maximum atomic E-state index is 6.62. The predicted octanol–water partition coefficient (Wildman–Crippen LogP) is 7.11. The molecule has 6 heteroatoms. The first kappa shape index (κ1) is 33.4. The molecule has 0 bridgehead atoms. The van der Waals surface area contributed by atoms with Gasteiger partial charge in [0.05, 0.1) is 0 Å². The van der Waals surface area contributed by atoms with E-state index in [0.29, 0.717) is 0 Å². The van der Waals surface area contributed by atoms with Gasteiger partial charge in [-0.15, -0.1) is 0 Å². The van der Waals surface area contributed by atoms with Gasteiger partial charge in [0, 0.05) is 0 Å². The molecule has 0 spiro atoms. The van der Waals surface area contributed by atoms with Crippen molar-refractivity contribution in [1.82, 2.24) is 0 Å². The molecule has 0 aromatic rings. The highest BCUT2D eigenvalue weighted by molar-refractivity contribution is 7.38. The van der Waals surface area contributed by atoms with Crippen LogP contribution in [0.15, 0.2) is 0 Å². The van der Waals surface area contributed by atoms with Crippen LogP contribution in [0.3, 0.4) is 0 Å². The van der Waals surface area contributed by atoms with Crippen molar-refractivity contribution >= 4 is 32.3 Å². The predicted molar refractivity (Wildman–Crippen MR) is 115 cm³/mol. The molecule has 0 aromatic carbocycles. The van der Waals surface area contributed by atoms with Gasteiger partial charge in [-0.25, -0.2) is 0 Å². The van der Waals surface area contributed by atoms with Crippen LogP contribution in [0.2, 0.25) is 65.0 Å². The molecule has 0 aromatic heterocycles. The molecule has 136 valence electrons. The summed E-state index contributed by atoms with van der Waals surface area (Å²) in [5, 5.41) is 0. The number of hydrogen-bond donors (Lipinski definition) is 0. The molecule has 0 aliphatic rings. The van der Waals surface area contributed by atoms with E-state index >= 15 is 0 Å². The van der Waals surface area contributed by atoms with Crippen LogP contribution in [0, 0.1) is 0 Å². The van der Waals surface area contributed by atoms with Crippen molar-refractivity contribution in [3.63, 3.8) is 0 Å². The zero-order valence-corrected chi connectivity index (χ0v) is 17.5. The molecule has 1 atom stereocenters. The van der Waals surface area contributed by atoms with Crippen LogP contribution in [0.1, 0.15) is 36.6 Å². The molecule has 0 heterocycles. The van der Waals surface area contributed by atoms with E-state index in [9.17, 15) is 0 Å². The molecule has 2 nitrogen and oxygen atoms in total. The molecule has 0 saturated heterocycles. The quantitative estimate of drug-likeness (QED) is 0.462. The molecule has 0 radical (unpaired) electrons. The van der Waals surface area contributed by atoms with E-state index in [1.165, 1.54) is 6.04 Å². The van der Waals surface area contributed by atoms with Crippen LogP contribution in [0.5, 0.6) is 0 Å². The summed E-state index contributed by atoms with van der Waals surface area (Å²) < 4.78 is 13.2. The maximum absolute atomic E-state index is 6.62. The van der Waals surface area contributed by atoms with Crippen molar-refractivity contribution in [3.8, 4) is 0 Å². The Morgan fingerprint density at radius 1 is 0.571 bits per heavy atom. The monoisotopic (exact) mass is 372 g/mol. The summed E-state index contributed by atoms with van der Waals surface area (Å²) in [7, 11) is -6.30. The Kier molecular flexibility index (Phi) is 16.8. The normalized spacial score (nSPS) is 14.6. The topological polar surface area (TPSA) is 18.5 Å². The van der Waals surface area contributed by atoms with E-state index in [-0.39, 0.29) is 29.7 Å². The largest absolute Gasteiger partial charge is 0.456 e. The van der Waals surface area contributed by atoms with Gasteiger partial charge in [-0.1, -0.05) is 36.6 Å². The molecule has 0 saturated carbocycles. The molecule has 0 amide bonds. The van der Waals surface area contributed by atoms with Crippen molar-refractivity contribution in [2.24, 2.45) is 0 Å². The second-order valence-corrected chi connectivity index (χ2v) is 30.6. The molecular formula is C15H48O2Si4. The summed E-state index contributed by atoms with van der Waals surface area (Å²) in [5.74, 6) is 0. The SMILES string of the molecule is C.C.C.C.CC[Si](C)(O[Si](C)(C)C)[Si](C)(C)O[Si](C)(C)C. The first-order chi connectivity index (χ1) is 7.22. The van der Waals surface area contributed by atoms with Gasteiger partial charge >= 0.3 is 0 Å². The number of rotatable bonds is 6. The molecule has 1 unspecified atom stereocenters. The van der Waals surface area contributed by atoms with Crippen LogP contribution < -0.4 is 0 Å². The molecule has 0 aliphatic carbocycles. The van der Waals surface area contributed by atoms with Gasteiger partial charge in [-0.05, 0) is 65.0 Å². The minimum Gasteiger partial charge on any atom is -0.456 e. The summed E-state index contributed by atoms with van der Waals surface area (Å²) in [6.07, 6.45) is 0. The lowest BCUT2D eigenvalue weighted by Gasteiger charge is -2.46. The van der Waals surface area contributed by atoms with Crippen molar-refractivity contribution in [2.45, 2.75) is 102 Å². The Morgan fingerprint density at radius 2 is 0.857 bits per heavy atom. The highest BCUT2D eigenvalue weighted by Crippen LogP contribution is 2.31. The third-order valence-corrected chi connectivity index (χ3v) is 26.2. The van der Waals surface area contributed by atoms with E-state index in [4.69, 9.17) is 8.23 Å². The summed E-state index contributed by atoms with van der Waals surface area (Å²) >= 11 is 0. The summed E-state index contributed by atoms with van der Waals surface area (Å²) in [6, 6.07) is 1.18. The second-order valence-electron chi connectivity index (χ2n) is 7.52. The lowest BCUT2D eigenvalue weighted by atomic mass is 11.0. The second kappa shape index (κ2) is 10.5. The highest BCUT2D eigenvalue weighted by atomic mass is 29.3. The Bertz CT molecular complexity index is 257. The third-order valence-electron chi connectivity index (χ3n) is 3.04. The molecule has 0 rings (SSSR count). The summed E-state index contributed by atoms with van der Waals surface area (Å²) in [6.45, 7) is 23.2. The van der Waals surface area contributed by atoms with Crippen molar-refractivity contribution in [2.75, 3.05) is 0 Å². The Balaban J connectivity index is -0.000000213. The smallest absolute Gasteiger partial charge is 0.194 e. The van der Waals surface area contributed by atoms with Gasteiger partial charge in [0.1, 0.15) is 0 Å². The first-order valence-electron chi connectivity index (χ1n) is 6.63. The Hall–Kier alpha value is 0.788. The lowest BCUT2D eigenvalue weighted by Crippen LogP contribution is -2.66. The number of hydrogen-bond acceptors (Lipinski definition) is 2. The van der Waals surface area contributed by atoms with Crippen LogP contribution >= 0.6 is 0 Å². The van der Waals surface area contributed by atoms with Crippen LogP contribution in [-0.2, 0) is 8.23 Å². The van der Waals surface area contributed by atoms with Gasteiger partial charge < -0.3 is 8.23 Å². The van der Waals surface area contributed by atoms with Gasteiger partial charge in [-0.3, -0.25) is 0 Å². The zero-order chi connectivity index (χ0) is 14.1. The van der Waals surface area contributed by atoms with Gasteiger partial charge in [0.2, 0.25) is 0 Å². The zero-order valence-electron chi connectivity index (χ0n) is 13.5. The van der Waals surface area contributed by atoms with E-state index in [1.54, 1.807) is 0 Å². The van der Waals surface area contributed by atoms with Gasteiger partial charge in [0.15, 0.2) is 32.3 Å². The standard InChI is InChI=1S/C11H32O2Si4.4CH4/c1-11-17(10,13-15(5,6)7)16(8,9)12-14(2,3)4;;;;/h11H2,1-10H3;4*1H4. The minimum absolute atomic E-state index is 0. The molecule has 0 N–H and O–H groups in total. The Labute approximate surface area is 142 Å². The average molecular weight is 373 g/mol. The van der Waals surface area contributed by atoms with Gasteiger partial charge in [-0.2, -0.15) is 0 Å². The van der Waals surface area contributed by atoms with E-state index in [2.05, 4.69) is 65.8 Å². The van der Waals surface area contributed by atoms with Crippen molar-refractivity contribution < 1.29 is 8.23 Å². The lowest BCUT2D eigenvalue weighted by molar-refractivity contribution is 0.518. The molecule has 21 heavy (non-hydrogen) atoms. The fourth-order valence-electron chi connectivity index (χ4n) is 2.17. The van der Waals surface area contributed by atoms with Crippen LogP contribution in [-0.4, -0.2) is 32.3 Å². The van der Waals surface area contributed by atoms with Crippen molar-refractivity contribution in [1.29, 1.82) is 0 Å². The fourth-order valence-corrected chi connectivity index (χ4v) is 29.2. The highest BCUT2D eigenvalue weighted by Gasteiger charge is 2.50. The Morgan fingerprint density at radius 3 is 1.05 bits per heavy atom. The fraction of sp³-hybridized carbons (Fsp3) is 1.00. The summed E-state index contributed by atoms with van der Waals surface area (Å²) in [5.41, 5.74) is 0. The van der Waals surface area contributed by atoms with Crippen LogP contribution in [0.4, 0.5) is 0 Å². The van der Waals surface area contributed by atoms with Gasteiger partial charge in [0.25, 0.3) is 0 Å². The van der Waals surface area contributed by atoms with E-state index < -0.39 is 32.3 Å². The third kappa shape index (κ3) is 11.9. The molecule has 0 fully saturated rings. The maximum Gasteiger partial charge on any atom is 0.194 e. The van der Waals surface area contributed by atoms with E-state index in [1.807, 2.05) is 0 Å². The first-order valence-corrected chi connectivity index (χ1v) is 20.0. The summed E-state index contributed by atoms with van der Waals surface area (Å²) in [4.78, 5) is 0.